The number of nitrogens with zero attached hydrogens (tertiary/aromatic N) is 1. The lowest BCUT2D eigenvalue weighted by atomic mass is 10.0. The molecule has 2 aromatic rings. The smallest absolute Gasteiger partial charge is 0.496 e. The van der Waals surface area contributed by atoms with Crippen LogP contribution in [0.15, 0.2) is 46.6 Å². The first-order valence-corrected chi connectivity index (χ1v) is 9.53. The molecule has 136 valence electrons. The second-order valence-corrected chi connectivity index (χ2v) is 7.24. The molecule has 1 aliphatic rings. The van der Waals surface area contributed by atoms with Gasteiger partial charge in [-0.3, -0.25) is 4.49 Å². The fourth-order valence-corrected chi connectivity index (χ4v) is 3.56. The highest BCUT2D eigenvalue weighted by Crippen LogP contribution is 2.29. The molecule has 0 fully saturated rings. The number of halogens is 1. The molecular weight excluding hydrogens is 401 g/mol. The van der Waals surface area contributed by atoms with Gasteiger partial charge in [0.2, 0.25) is 0 Å². The van der Waals surface area contributed by atoms with Crippen LogP contribution in [0.4, 0.5) is 0 Å². The van der Waals surface area contributed by atoms with E-state index in [9.17, 15) is 0 Å². The summed E-state index contributed by atoms with van der Waals surface area (Å²) in [5.41, 5.74) is 12.1. The first kappa shape index (κ1) is 19.5. The van der Waals surface area contributed by atoms with E-state index in [1.54, 1.807) is 11.6 Å². The Bertz CT molecular complexity index is 970. The lowest BCUT2D eigenvalue weighted by Gasteiger charge is -2.07. The molecule has 0 atom stereocenters. The molecule has 2 radical (unpaired) electrons. The van der Waals surface area contributed by atoms with Crippen molar-refractivity contribution in [2.75, 3.05) is 13.7 Å². The molecule has 3 N–H and O–H groups in total. The molecule has 27 heavy (non-hydrogen) atoms. The fraction of sp³-hybridized carbons (Fsp3) is 0.190. The Hall–Kier alpha value is -2.31. The van der Waals surface area contributed by atoms with Gasteiger partial charge in [0.05, 0.1) is 12.8 Å². The van der Waals surface area contributed by atoms with Gasteiger partial charge in [-0.05, 0) is 61.9 Å². The number of nitrogens with one attached hydrogen (secondary N) is 1. The number of allylic oxidation sites excluding steroid dienone is 2. The molecular formula is C21H22BBrN3O+. The van der Waals surface area contributed by atoms with Gasteiger partial charge in [0.1, 0.15) is 12.0 Å². The largest absolute Gasteiger partial charge is 0.586 e. The molecule has 3 rings (SSSR count). The number of aromatic amines is 1. The maximum Gasteiger partial charge on any atom is 0.586 e. The average molecular weight is 423 g/mol. The highest BCUT2D eigenvalue weighted by atomic mass is 79.9. The van der Waals surface area contributed by atoms with Crippen molar-refractivity contribution in [3.8, 4) is 5.75 Å². The van der Waals surface area contributed by atoms with E-state index in [-0.39, 0.29) is 0 Å². The zero-order valence-electron chi connectivity index (χ0n) is 15.5. The summed E-state index contributed by atoms with van der Waals surface area (Å²) >= 11 is 3.51. The molecule has 6 heteroatoms. The van der Waals surface area contributed by atoms with Crippen molar-refractivity contribution < 1.29 is 9.22 Å². The number of aromatic nitrogens is 1. The third-order valence-corrected chi connectivity index (χ3v) is 4.95. The van der Waals surface area contributed by atoms with Gasteiger partial charge in [0.25, 0.3) is 0 Å². The molecule has 0 aliphatic carbocycles. The van der Waals surface area contributed by atoms with Crippen molar-refractivity contribution >= 4 is 47.9 Å². The summed E-state index contributed by atoms with van der Waals surface area (Å²) in [6, 6.07) is 8.05. The van der Waals surface area contributed by atoms with E-state index in [4.69, 9.17) is 18.5 Å². The molecule has 1 aliphatic heterocycles. The van der Waals surface area contributed by atoms with E-state index in [1.165, 1.54) is 0 Å². The number of benzene rings is 1. The minimum atomic E-state index is 0.555. The Balaban J connectivity index is 1.96. The molecule has 0 saturated heterocycles. The Morgan fingerprint density at radius 3 is 2.81 bits per heavy atom. The first-order chi connectivity index (χ1) is 13.0. The summed E-state index contributed by atoms with van der Waals surface area (Å²) in [6.07, 6.45) is 10.6. The zero-order chi connectivity index (χ0) is 19.4. The first-order valence-electron chi connectivity index (χ1n) is 8.73. The summed E-state index contributed by atoms with van der Waals surface area (Å²) in [4.78, 5) is 3.50. The van der Waals surface area contributed by atoms with Crippen molar-refractivity contribution in [2.45, 2.75) is 13.3 Å². The van der Waals surface area contributed by atoms with Gasteiger partial charge < -0.3 is 15.5 Å². The third kappa shape index (κ3) is 4.34. The van der Waals surface area contributed by atoms with Crippen LogP contribution in [-0.2, 0) is 0 Å². The molecule has 1 aromatic carbocycles. The van der Waals surface area contributed by atoms with Crippen LogP contribution in [0.25, 0.3) is 17.7 Å². The van der Waals surface area contributed by atoms with E-state index in [0.717, 1.165) is 50.4 Å². The van der Waals surface area contributed by atoms with Crippen molar-refractivity contribution in [3.63, 3.8) is 0 Å². The molecule has 0 amide bonds. The number of ether oxygens (including phenoxy) is 1. The van der Waals surface area contributed by atoms with E-state index < -0.39 is 0 Å². The van der Waals surface area contributed by atoms with Crippen LogP contribution in [0.5, 0.6) is 5.75 Å². The predicted octanol–water partition coefficient (Wildman–Crippen LogP) is 4.06. The van der Waals surface area contributed by atoms with Gasteiger partial charge in [-0.25, -0.2) is 0 Å². The van der Waals surface area contributed by atoms with E-state index in [2.05, 4.69) is 33.9 Å². The standard InChI is InChI=1S/C21H22BBrN3O/c1-14-12-17(7-5-15-13-16(23)6-8-20(15)27-2)25-21(14)18(9-10-24)19-4-3-11-26(19)22/h3-8,11-13,25H,9-10,24H2,1-2H3/q+1/b7-5+. The number of H-pyrrole nitrogens is 1. The summed E-state index contributed by atoms with van der Waals surface area (Å²) in [5, 5.41) is 0. The van der Waals surface area contributed by atoms with Crippen LogP contribution in [-0.4, -0.2) is 37.3 Å². The third-order valence-electron chi connectivity index (χ3n) is 4.45. The highest BCUT2D eigenvalue weighted by molar-refractivity contribution is 9.10. The summed E-state index contributed by atoms with van der Waals surface area (Å²) in [5.74, 6) is 0.828. The van der Waals surface area contributed by atoms with Crippen LogP contribution in [0, 0.1) is 6.92 Å². The van der Waals surface area contributed by atoms with Crippen LogP contribution >= 0.6 is 15.9 Å². The quantitative estimate of drug-likeness (QED) is 0.689. The van der Waals surface area contributed by atoms with Gasteiger partial charge in [0.15, 0.2) is 5.70 Å². The maximum absolute atomic E-state index is 6.06. The highest BCUT2D eigenvalue weighted by Gasteiger charge is 2.20. The van der Waals surface area contributed by atoms with Gasteiger partial charge >= 0.3 is 7.98 Å². The van der Waals surface area contributed by atoms with Gasteiger partial charge in [-0.15, -0.1) is 0 Å². The number of aryl methyl sites for hydroxylation is 1. The SMILES string of the molecule is [B][N+]1=CC=CC1=C(CCN)c1[nH]c(/C=C/c2cc(Br)ccc2OC)cc1C. The Kier molecular flexibility index (Phi) is 6.19. The van der Waals surface area contributed by atoms with Crippen LogP contribution in [0.2, 0.25) is 0 Å². The van der Waals surface area contributed by atoms with E-state index >= 15 is 0 Å². The second-order valence-electron chi connectivity index (χ2n) is 6.32. The second kappa shape index (κ2) is 8.59. The minimum absolute atomic E-state index is 0.555. The van der Waals surface area contributed by atoms with Gasteiger partial charge in [-0.1, -0.05) is 15.9 Å². The van der Waals surface area contributed by atoms with E-state index in [0.29, 0.717) is 6.54 Å². The number of nitrogens with two attached hydrogens (primary N) is 1. The fourth-order valence-electron chi connectivity index (χ4n) is 3.18. The van der Waals surface area contributed by atoms with Crippen molar-refractivity contribution in [1.82, 2.24) is 4.98 Å². The molecule has 0 spiro atoms. The normalized spacial score (nSPS) is 15.5. The predicted molar refractivity (Wildman–Crippen MR) is 117 cm³/mol. The summed E-state index contributed by atoms with van der Waals surface area (Å²) in [6.45, 7) is 2.64. The van der Waals surface area contributed by atoms with Gasteiger partial charge in [-0.2, -0.15) is 0 Å². The summed E-state index contributed by atoms with van der Waals surface area (Å²) in [7, 11) is 7.73. The molecule has 2 heterocycles. The number of methoxy groups -OCH3 is 1. The van der Waals surface area contributed by atoms with Crippen LogP contribution in [0.3, 0.4) is 0 Å². The monoisotopic (exact) mass is 422 g/mol. The molecule has 1 aromatic heterocycles. The summed E-state index contributed by atoms with van der Waals surface area (Å²) < 4.78 is 8.07. The Labute approximate surface area is 169 Å². The molecule has 0 saturated carbocycles. The Morgan fingerprint density at radius 1 is 1.33 bits per heavy atom. The topological polar surface area (TPSA) is 54.0 Å². The van der Waals surface area contributed by atoms with Gasteiger partial charge in [0, 0.05) is 33.5 Å². The van der Waals surface area contributed by atoms with E-state index in [1.807, 2.05) is 48.7 Å². The minimum Gasteiger partial charge on any atom is -0.496 e. The lowest BCUT2D eigenvalue weighted by molar-refractivity contribution is -0.294. The molecule has 4 nitrogen and oxygen atoms in total. The van der Waals surface area contributed by atoms with Crippen molar-refractivity contribution in [1.29, 1.82) is 0 Å². The zero-order valence-corrected chi connectivity index (χ0v) is 17.1. The molecule has 0 bridgehead atoms. The van der Waals surface area contributed by atoms with Crippen molar-refractivity contribution in [3.05, 3.63) is 69.1 Å². The lowest BCUT2D eigenvalue weighted by Crippen LogP contribution is -2.09. The number of hydrogen-bond donors (Lipinski definition) is 2. The average Bonchev–Trinajstić information content (AvgIpc) is 3.23. The maximum atomic E-state index is 6.06. The van der Waals surface area contributed by atoms with Crippen LogP contribution in [0.1, 0.15) is 28.9 Å². The number of rotatable bonds is 6. The Morgan fingerprint density at radius 2 is 2.15 bits per heavy atom. The molecule has 0 unspecified atom stereocenters. The van der Waals surface area contributed by atoms with Crippen LogP contribution < -0.4 is 10.5 Å². The van der Waals surface area contributed by atoms with Crippen molar-refractivity contribution in [2.24, 2.45) is 5.73 Å². The number of hydrogen-bond acceptors (Lipinski definition) is 2.